The van der Waals surface area contributed by atoms with Gasteiger partial charge in [-0.3, -0.25) is 4.57 Å². The molecule has 0 unspecified atom stereocenters. The highest BCUT2D eigenvalue weighted by Gasteiger charge is 2.39. The number of hydrogen-bond donors (Lipinski definition) is 0. The van der Waals surface area contributed by atoms with E-state index in [1.165, 1.54) is 11.1 Å². The minimum Gasteiger partial charge on any atom is -0.327 e. The number of hydrogen-bond acceptors (Lipinski definition) is 2. The Morgan fingerprint density at radius 1 is 1.27 bits per heavy atom. The third kappa shape index (κ3) is 2.32. The summed E-state index contributed by atoms with van der Waals surface area (Å²) in [5.74, 6) is 0. The van der Waals surface area contributed by atoms with Gasteiger partial charge in [-0.1, -0.05) is 31.2 Å². The van der Waals surface area contributed by atoms with Gasteiger partial charge in [0.05, 0.1) is 5.69 Å². The van der Waals surface area contributed by atoms with Gasteiger partial charge < -0.3 is 4.90 Å². The lowest BCUT2D eigenvalue weighted by Crippen LogP contribution is -2.30. The number of nitrogens with zero attached hydrogens (tertiary/aromatic N) is 3. The third-order valence-electron chi connectivity index (χ3n) is 5.00. The van der Waals surface area contributed by atoms with Crippen molar-refractivity contribution in [2.45, 2.75) is 38.5 Å². The van der Waals surface area contributed by atoms with Crippen LogP contribution in [-0.4, -0.2) is 34.1 Å². The van der Waals surface area contributed by atoms with Gasteiger partial charge >= 0.3 is 6.03 Å². The maximum Gasteiger partial charge on any atom is 0.329 e. The van der Waals surface area contributed by atoms with Crippen LogP contribution >= 0.6 is 0 Å². The molecule has 0 fully saturated rings. The van der Waals surface area contributed by atoms with E-state index in [1.54, 1.807) is 15.8 Å². The molecule has 0 saturated heterocycles. The highest BCUT2D eigenvalue weighted by Crippen LogP contribution is 2.41. The molecule has 4 nitrogen and oxygen atoms in total. The second-order valence-electron chi connectivity index (χ2n) is 6.22. The summed E-state index contributed by atoms with van der Waals surface area (Å²) >= 11 is 0. The van der Waals surface area contributed by atoms with Crippen molar-refractivity contribution in [3.63, 3.8) is 0 Å². The molecule has 4 heteroatoms. The van der Waals surface area contributed by atoms with Crippen LogP contribution in [0.2, 0.25) is 0 Å². The SMILES string of the molecule is CCN(C)C(=O)n1cnc(C2(CC)Cc3ccccc3C2)c1. The van der Waals surface area contributed by atoms with E-state index < -0.39 is 0 Å². The largest absolute Gasteiger partial charge is 0.329 e. The van der Waals surface area contributed by atoms with Crippen molar-refractivity contribution >= 4 is 6.03 Å². The summed E-state index contributed by atoms with van der Waals surface area (Å²) in [5, 5.41) is 0. The van der Waals surface area contributed by atoms with Gasteiger partial charge in [-0.05, 0) is 37.3 Å². The molecule has 1 heterocycles. The van der Waals surface area contributed by atoms with E-state index in [2.05, 4.69) is 36.2 Å². The monoisotopic (exact) mass is 297 g/mol. The molecule has 116 valence electrons. The third-order valence-corrected chi connectivity index (χ3v) is 5.00. The molecule has 0 radical (unpaired) electrons. The molecule has 1 aromatic carbocycles. The lowest BCUT2D eigenvalue weighted by atomic mass is 9.79. The van der Waals surface area contributed by atoms with Gasteiger partial charge in [0.2, 0.25) is 0 Å². The van der Waals surface area contributed by atoms with Crippen LogP contribution in [0.1, 0.15) is 37.1 Å². The minimum atomic E-state index is -0.0250. The molecule has 0 saturated carbocycles. The zero-order chi connectivity index (χ0) is 15.7. The van der Waals surface area contributed by atoms with Crippen molar-refractivity contribution in [3.05, 3.63) is 53.6 Å². The van der Waals surface area contributed by atoms with Crippen molar-refractivity contribution in [3.8, 4) is 0 Å². The maximum atomic E-state index is 12.3. The first kappa shape index (κ1) is 14.8. The number of carbonyl (C=O) groups excluding carboxylic acids is 1. The first-order chi connectivity index (χ1) is 10.6. The summed E-state index contributed by atoms with van der Waals surface area (Å²) in [5.41, 5.74) is 3.89. The molecule has 0 aliphatic heterocycles. The van der Waals surface area contributed by atoms with Crippen LogP contribution in [0.25, 0.3) is 0 Å². The predicted molar refractivity (Wildman–Crippen MR) is 87.1 cm³/mol. The van der Waals surface area contributed by atoms with Gasteiger partial charge in [0.1, 0.15) is 6.33 Å². The quantitative estimate of drug-likeness (QED) is 0.872. The number of amides is 1. The van der Waals surface area contributed by atoms with Crippen LogP contribution < -0.4 is 0 Å². The number of imidazole rings is 1. The number of aromatic nitrogens is 2. The van der Waals surface area contributed by atoms with Crippen LogP contribution in [0.4, 0.5) is 4.79 Å². The molecule has 1 amide bonds. The molecule has 3 rings (SSSR count). The molecule has 22 heavy (non-hydrogen) atoms. The van der Waals surface area contributed by atoms with E-state index in [-0.39, 0.29) is 11.4 Å². The lowest BCUT2D eigenvalue weighted by Gasteiger charge is -2.25. The maximum absolute atomic E-state index is 12.3. The fraction of sp³-hybridized carbons (Fsp3) is 0.444. The predicted octanol–water partition coefficient (Wildman–Crippen LogP) is 3.25. The minimum absolute atomic E-state index is 0.0250. The highest BCUT2D eigenvalue weighted by atomic mass is 16.2. The first-order valence-electron chi connectivity index (χ1n) is 7.96. The number of benzene rings is 1. The Balaban J connectivity index is 1.91. The average molecular weight is 297 g/mol. The fourth-order valence-corrected chi connectivity index (χ4v) is 3.34. The van der Waals surface area contributed by atoms with E-state index in [4.69, 9.17) is 0 Å². The smallest absolute Gasteiger partial charge is 0.327 e. The molecule has 1 aliphatic carbocycles. The molecule has 2 aromatic rings. The van der Waals surface area contributed by atoms with Gasteiger partial charge in [-0.2, -0.15) is 0 Å². The average Bonchev–Trinajstić information content (AvgIpc) is 3.18. The Labute approximate surface area is 131 Å². The number of rotatable bonds is 3. The molecule has 0 N–H and O–H groups in total. The van der Waals surface area contributed by atoms with Crippen molar-refractivity contribution in [1.29, 1.82) is 0 Å². The molecule has 1 aromatic heterocycles. The van der Waals surface area contributed by atoms with Crippen LogP contribution in [0, 0.1) is 0 Å². The van der Waals surface area contributed by atoms with E-state index in [0.29, 0.717) is 6.54 Å². The van der Waals surface area contributed by atoms with Crippen molar-refractivity contribution in [1.82, 2.24) is 14.5 Å². The van der Waals surface area contributed by atoms with Gasteiger partial charge in [0.25, 0.3) is 0 Å². The van der Waals surface area contributed by atoms with E-state index in [9.17, 15) is 4.79 Å². The summed E-state index contributed by atoms with van der Waals surface area (Å²) in [6.45, 7) is 4.87. The van der Waals surface area contributed by atoms with Crippen molar-refractivity contribution < 1.29 is 4.79 Å². The van der Waals surface area contributed by atoms with E-state index in [0.717, 1.165) is 25.0 Å². The van der Waals surface area contributed by atoms with E-state index >= 15 is 0 Å². The Morgan fingerprint density at radius 2 is 1.91 bits per heavy atom. The zero-order valence-electron chi connectivity index (χ0n) is 13.5. The second-order valence-corrected chi connectivity index (χ2v) is 6.22. The van der Waals surface area contributed by atoms with Crippen LogP contribution in [0.15, 0.2) is 36.8 Å². The summed E-state index contributed by atoms with van der Waals surface area (Å²) < 4.78 is 1.61. The Bertz CT molecular complexity index is 664. The zero-order valence-corrected chi connectivity index (χ0v) is 13.5. The molecule has 0 bridgehead atoms. The van der Waals surface area contributed by atoms with Crippen LogP contribution in [0.3, 0.4) is 0 Å². The molecule has 0 spiro atoms. The normalized spacial score (nSPS) is 15.6. The Hall–Kier alpha value is -2.10. The van der Waals surface area contributed by atoms with Gasteiger partial charge in [-0.25, -0.2) is 9.78 Å². The first-order valence-corrected chi connectivity index (χ1v) is 7.96. The number of carbonyl (C=O) groups is 1. The van der Waals surface area contributed by atoms with E-state index in [1.807, 2.05) is 20.2 Å². The standard InChI is InChI=1S/C18H23N3O/c1-4-18(10-14-8-6-7-9-15(14)11-18)16-12-21(13-19-16)17(22)20(3)5-2/h6-9,12-13H,4-5,10-11H2,1-3H3. The highest BCUT2D eigenvalue weighted by molar-refractivity contribution is 5.76. The molecular weight excluding hydrogens is 274 g/mol. The fourth-order valence-electron chi connectivity index (χ4n) is 3.34. The van der Waals surface area contributed by atoms with Crippen LogP contribution in [0.5, 0.6) is 0 Å². The van der Waals surface area contributed by atoms with Gasteiger partial charge in [0.15, 0.2) is 0 Å². The summed E-state index contributed by atoms with van der Waals surface area (Å²) in [4.78, 5) is 18.5. The molecule has 1 aliphatic rings. The molecule has 0 atom stereocenters. The topological polar surface area (TPSA) is 38.1 Å². The number of fused-ring (bicyclic) bond motifs is 1. The van der Waals surface area contributed by atoms with Crippen LogP contribution in [-0.2, 0) is 18.3 Å². The summed E-state index contributed by atoms with van der Waals surface area (Å²) in [6.07, 6.45) is 6.62. The second kappa shape index (κ2) is 5.59. The summed E-state index contributed by atoms with van der Waals surface area (Å²) in [7, 11) is 1.81. The summed E-state index contributed by atoms with van der Waals surface area (Å²) in [6, 6.07) is 8.59. The Morgan fingerprint density at radius 3 is 2.45 bits per heavy atom. The van der Waals surface area contributed by atoms with Gasteiger partial charge in [-0.15, -0.1) is 0 Å². The van der Waals surface area contributed by atoms with Gasteiger partial charge in [0, 0.05) is 25.2 Å². The van der Waals surface area contributed by atoms with Crippen molar-refractivity contribution in [2.75, 3.05) is 13.6 Å². The Kier molecular flexibility index (Phi) is 3.77. The van der Waals surface area contributed by atoms with Crippen molar-refractivity contribution in [2.24, 2.45) is 0 Å². The molecular formula is C18H23N3O. The lowest BCUT2D eigenvalue weighted by molar-refractivity contribution is 0.212.